The molecular formula is C31H41N7O4S. The van der Waals surface area contributed by atoms with Crippen LogP contribution in [-0.2, 0) is 28.8 Å². The number of aromatic nitrogens is 2. The predicted molar refractivity (Wildman–Crippen MR) is 169 cm³/mol. The number of ether oxygens (including phenoxy) is 1. The zero-order chi connectivity index (χ0) is 31.0. The number of anilines is 1. The molecular weight excluding hydrogens is 566 g/mol. The number of aliphatic hydroxyl groups excluding tert-OH is 1. The van der Waals surface area contributed by atoms with Crippen LogP contribution < -0.4 is 27.0 Å². The third-order valence-electron chi connectivity index (χ3n) is 6.48. The van der Waals surface area contributed by atoms with Gasteiger partial charge in [-0.05, 0) is 55.0 Å². The maximum absolute atomic E-state index is 12.6. The number of aliphatic hydroxyl groups is 1. The number of alkyl carbamates (subject to hydrolysis) is 1. The average Bonchev–Trinajstić information content (AvgIpc) is 3.44. The monoisotopic (exact) mass is 607 g/mol. The lowest BCUT2D eigenvalue weighted by atomic mass is 10.0. The quantitative estimate of drug-likeness (QED) is 0.0805. The van der Waals surface area contributed by atoms with E-state index in [0.29, 0.717) is 17.4 Å². The van der Waals surface area contributed by atoms with Crippen molar-refractivity contribution >= 4 is 28.5 Å². The third-order valence-corrected chi connectivity index (χ3v) is 7.38. The molecule has 1 heterocycles. The highest BCUT2D eigenvalue weighted by molar-refractivity contribution is 7.15. The highest BCUT2D eigenvalue weighted by Crippen LogP contribution is 2.19. The first-order chi connectivity index (χ1) is 20.7. The van der Waals surface area contributed by atoms with Crippen LogP contribution in [0.15, 0.2) is 78.3 Å². The summed E-state index contributed by atoms with van der Waals surface area (Å²) in [6.07, 6.45) is 6.27. The van der Waals surface area contributed by atoms with Crippen LogP contribution in [0.3, 0.4) is 0 Å². The first kappa shape index (κ1) is 33.1. The van der Waals surface area contributed by atoms with Crippen molar-refractivity contribution in [2.24, 2.45) is 5.73 Å². The van der Waals surface area contributed by atoms with Gasteiger partial charge < -0.3 is 36.8 Å². The molecule has 230 valence electrons. The number of nitrogens with zero attached hydrogens (tertiary/aromatic N) is 2. The molecule has 0 aliphatic carbocycles. The molecule has 43 heavy (non-hydrogen) atoms. The molecule has 0 radical (unpaired) electrons. The predicted octanol–water partition coefficient (Wildman–Crippen LogP) is 3.90. The molecule has 0 bridgehead atoms. The van der Waals surface area contributed by atoms with Gasteiger partial charge in [-0.25, -0.2) is 4.79 Å². The van der Waals surface area contributed by atoms with Gasteiger partial charge in [0.25, 0.3) is 0 Å². The number of nitrogens with one attached hydrogen (secondary N) is 4. The topological polar surface area (TPSA) is 164 Å². The van der Waals surface area contributed by atoms with Crippen LogP contribution in [0.2, 0.25) is 0 Å². The number of hydrogen-bond acceptors (Lipinski definition) is 10. The Kier molecular flexibility index (Phi) is 13.5. The number of hydrogen-bond donors (Lipinski definition) is 6. The first-order valence-corrected chi connectivity index (χ1v) is 15.0. The van der Waals surface area contributed by atoms with E-state index in [1.54, 1.807) is 7.05 Å². The van der Waals surface area contributed by atoms with E-state index in [4.69, 9.17) is 5.73 Å². The summed E-state index contributed by atoms with van der Waals surface area (Å²) < 4.78 is 4.65. The molecule has 2 aromatic carbocycles. The van der Waals surface area contributed by atoms with E-state index >= 15 is 0 Å². The SMILES string of the molecule is CN/C(=C\C=C(/N)CCCCc1nnc(NC(=O)Cc2cccc(C(C)NC(=O)OC)c2)s1)NC(O)Cc1ccccc1. The fourth-order valence-corrected chi connectivity index (χ4v) is 4.99. The van der Waals surface area contributed by atoms with Crippen molar-refractivity contribution in [3.8, 4) is 0 Å². The van der Waals surface area contributed by atoms with Crippen LogP contribution in [0.25, 0.3) is 0 Å². The Hall–Kier alpha value is -4.42. The summed E-state index contributed by atoms with van der Waals surface area (Å²) >= 11 is 1.36. The number of rotatable bonds is 16. The zero-order valence-electron chi connectivity index (χ0n) is 24.8. The van der Waals surface area contributed by atoms with E-state index in [9.17, 15) is 14.7 Å². The van der Waals surface area contributed by atoms with Crippen molar-refractivity contribution in [2.45, 2.75) is 57.7 Å². The summed E-state index contributed by atoms with van der Waals surface area (Å²) in [5.74, 6) is 0.482. The van der Waals surface area contributed by atoms with E-state index in [1.807, 2.05) is 73.7 Å². The average molecular weight is 608 g/mol. The van der Waals surface area contributed by atoms with Gasteiger partial charge in [0.05, 0.1) is 19.6 Å². The Bertz CT molecular complexity index is 1380. The fraction of sp³-hybridized carbons (Fsp3) is 0.355. The van der Waals surface area contributed by atoms with Crippen molar-refractivity contribution < 1.29 is 19.4 Å². The Balaban J connectivity index is 1.39. The van der Waals surface area contributed by atoms with Crippen LogP contribution in [0, 0.1) is 0 Å². The van der Waals surface area contributed by atoms with E-state index in [-0.39, 0.29) is 18.4 Å². The molecule has 12 heteroatoms. The normalized spacial score (nSPS) is 13.1. The van der Waals surface area contributed by atoms with E-state index in [2.05, 4.69) is 36.2 Å². The molecule has 3 rings (SSSR count). The molecule has 11 nitrogen and oxygen atoms in total. The second kappa shape index (κ2) is 17.5. The summed E-state index contributed by atoms with van der Waals surface area (Å²) in [5, 5.41) is 31.6. The minimum atomic E-state index is -0.728. The highest BCUT2D eigenvalue weighted by Gasteiger charge is 2.13. The molecule has 2 atom stereocenters. The van der Waals surface area contributed by atoms with Gasteiger partial charge in [0.1, 0.15) is 17.1 Å². The smallest absolute Gasteiger partial charge is 0.407 e. The van der Waals surface area contributed by atoms with Crippen LogP contribution in [0.5, 0.6) is 0 Å². The summed E-state index contributed by atoms with van der Waals surface area (Å²) in [6.45, 7) is 1.85. The lowest BCUT2D eigenvalue weighted by Gasteiger charge is -2.16. The van der Waals surface area contributed by atoms with Crippen LogP contribution in [0.1, 0.15) is 53.9 Å². The number of nitrogens with two attached hydrogens (primary N) is 1. The summed E-state index contributed by atoms with van der Waals surface area (Å²) in [7, 11) is 3.10. The first-order valence-electron chi connectivity index (χ1n) is 14.1. The fourth-order valence-electron chi connectivity index (χ4n) is 4.20. The molecule has 1 aromatic heterocycles. The van der Waals surface area contributed by atoms with E-state index < -0.39 is 12.3 Å². The standard InChI is InChI=1S/C31H41N7O4S/c1-21(34-31(41)42-3)24-13-9-12-23(18-24)20-28(40)36-30-38-37-29(43-30)15-8-7-14-25(32)16-17-26(33-2)35-27(39)19-22-10-5-4-6-11-22/h4-6,9-13,16-18,21,27,33,35,39H,7-8,14-15,19-20,32H2,1-3H3,(H,34,41)(H,36,38,40)/b25-16-,26-17+. The highest BCUT2D eigenvalue weighted by atomic mass is 32.1. The number of benzene rings is 2. The molecule has 0 aliphatic heterocycles. The molecule has 0 saturated carbocycles. The largest absolute Gasteiger partial charge is 0.453 e. The molecule has 2 amide bonds. The van der Waals surface area contributed by atoms with Gasteiger partial charge in [-0.15, -0.1) is 10.2 Å². The van der Waals surface area contributed by atoms with Crippen molar-refractivity contribution in [2.75, 3.05) is 19.5 Å². The second-order valence-corrected chi connectivity index (χ2v) is 11.0. The number of methoxy groups -OCH3 is 1. The molecule has 0 spiro atoms. The van der Waals surface area contributed by atoms with Gasteiger partial charge in [0.2, 0.25) is 11.0 Å². The van der Waals surface area contributed by atoms with Crippen LogP contribution in [0.4, 0.5) is 9.93 Å². The van der Waals surface area contributed by atoms with Crippen molar-refractivity contribution in [3.63, 3.8) is 0 Å². The molecule has 0 fully saturated rings. The second-order valence-electron chi connectivity index (χ2n) is 9.96. The Labute approximate surface area is 256 Å². The Morgan fingerprint density at radius 2 is 1.81 bits per heavy atom. The van der Waals surface area contributed by atoms with Crippen LogP contribution >= 0.6 is 11.3 Å². The third kappa shape index (κ3) is 12.1. The molecule has 0 saturated heterocycles. The Morgan fingerprint density at radius 3 is 2.56 bits per heavy atom. The van der Waals surface area contributed by atoms with Gasteiger partial charge in [0.15, 0.2) is 0 Å². The maximum atomic E-state index is 12.6. The van der Waals surface area contributed by atoms with Crippen molar-refractivity contribution in [1.82, 2.24) is 26.1 Å². The number of carbonyl (C=O) groups excluding carboxylic acids is 2. The number of allylic oxidation sites excluding steroid dienone is 3. The van der Waals surface area contributed by atoms with E-state index in [1.165, 1.54) is 18.4 Å². The van der Waals surface area contributed by atoms with Gasteiger partial charge in [-0.3, -0.25) is 4.79 Å². The van der Waals surface area contributed by atoms with Gasteiger partial charge >= 0.3 is 6.09 Å². The number of aryl methyl sites for hydroxylation is 1. The van der Waals surface area contributed by atoms with Gasteiger partial charge in [-0.1, -0.05) is 65.9 Å². The summed E-state index contributed by atoms with van der Waals surface area (Å²) in [6, 6.07) is 17.0. The van der Waals surface area contributed by atoms with Crippen molar-refractivity contribution in [1.29, 1.82) is 0 Å². The van der Waals surface area contributed by atoms with Crippen LogP contribution in [-0.4, -0.2) is 47.7 Å². The lowest BCUT2D eigenvalue weighted by Crippen LogP contribution is -2.34. The zero-order valence-corrected chi connectivity index (χ0v) is 25.6. The van der Waals surface area contributed by atoms with E-state index in [0.717, 1.165) is 53.1 Å². The maximum Gasteiger partial charge on any atom is 0.407 e. The molecule has 0 aliphatic rings. The van der Waals surface area contributed by atoms with Gasteiger partial charge in [-0.2, -0.15) is 0 Å². The minimum absolute atomic E-state index is 0.171. The van der Waals surface area contributed by atoms with Crippen molar-refractivity contribution in [3.05, 3.63) is 100.0 Å². The lowest BCUT2D eigenvalue weighted by molar-refractivity contribution is -0.115. The number of amides is 2. The minimum Gasteiger partial charge on any atom is -0.453 e. The Morgan fingerprint density at radius 1 is 1.05 bits per heavy atom. The summed E-state index contributed by atoms with van der Waals surface area (Å²) in [5.41, 5.74) is 9.66. The van der Waals surface area contributed by atoms with Gasteiger partial charge in [0, 0.05) is 25.6 Å². The molecule has 2 unspecified atom stereocenters. The molecule has 3 aromatic rings. The molecule has 7 N–H and O–H groups in total. The number of carbonyl (C=O) groups is 2. The summed E-state index contributed by atoms with van der Waals surface area (Å²) in [4.78, 5) is 24.1. The number of unbranched alkanes of at least 4 members (excludes halogenated alkanes) is 1.